The molecule has 0 atom stereocenters. The zero-order valence-corrected chi connectivity index (χ0v) is 19.9. The summed E-state index contributed by atoms with van der Waals surface area (Å²) in [6.45, 7) is 1.75. The van der Waals surface area contributed by atoms with Gasteiger partial charge in [-0.05, 0) is 43.3 Å². The number of anilines is 1. The molecule has 0 aliphatic carbocycles. The van der Waals surface area contributed by atoms with E-state index >= 15 is 0 Å². The second kappa shape index (κ2) is 8.90. The number of H-pyrrole nitrogens is 1. The predicted molar refractivity (Wildman–Crippen MR) is 132 cm³/mol. The van der Waals surface area contributed by atoms with Gasteiger partial charge in [-0.2, -0.15) is 19.9 Å². The highest BCUT2D eigenvalue weighted by atomic mass is 35.5. The van der Waals surface area contributed by atoms with Crippen molar-refractivity contribution >= 4 is 46.0 Å². The van der Waals surface area contributed by atoms with Crippen LogP contribution in [0.25, 0.3) is 22.7 Å². The minimum absolute atomic E-state index is 0.0905. The number of benzene rings is 2. The number of amides is 1. The van der Waals surface area contributed by atoms with Gasteiger partial charge in [0.2, 0.25) is 5.95 Å². The number of nitrogens with one attached hydrogen (secondary N) is 2. The number of aromatic nitrogens is 6. The zero-order chi connectivity index (χ0) is 24.7. The van der Waals surface area contributed by atoms with E-state index < -0.39 is 11.5 Å². The zero-order valence-electron chi connectivity index (χ0n) is 18.4. The highest BCUT2D eigenvalue weighted by molar-refractivity contribution is 6.31. The van der Waals surface area contributed by atoms with E-state index in [1.807, 2.05) is 0 Å². The molecule has 0 aliphatic rings. The van der Waals surface area contributed by atoms with Crippen LogP contribution in [0, 0.1) is 6.92 Å². The molecule has 1 amide bonds. The third-order valence-corrected chi connectivity index (χ3v) is 5.63. The van der Waals surface area contributed by atoms with Gasteiger partial charge in [0.05, 0.1) is 30.3 Å². The maximum atomic E-state index is 13.0. The summed E-state index contributed by atoms with van der Waals surface area (Å²) in [5.74, 6) is 0.254. The lowest BCUT2D eigenvalue weighted by atomic mass is 10.2. The van der Waals surface area contributed by atoms with Crippen molar-refractivity contribution in [2.75, 3.05) is 12.4 Å². The molecular formula is C23H17Cl2N7O3. The predicted octanol–water partition coefficient (Wildman–Crippen LogP) is 4.17. The van der Waals surface area contributed by atoms with Gasteiger partial charge in [-0.3, -0.25) is 14.6 Å². The van der Waals surface area contributed by atoms with Crippen LogP contribution in [0.15, 0.2) is 59.5 Å². The molecule has 12 heteroatoms. The smallest absolute Gasteiger partial charge is 0.263 e. The molecule has 10 nitrogen and oxygen atoms in total. The van der Waals surface area contributed by atoms with Gasteiger partial charge < -0.3 is 10.1 Å². The summed E-state index contributed by atoms with van der Waals surface area (Å²) in [5, 5.41) is 12.7. The summed E-state index contributed by atoms with van der Waals surface area (Å²) in [5.41, 5.74) is 1.34. The first-order valence-corrected chi connectivity index (χ1v) is 11.1. The van der Waals surface area contributed by atoms with Gasteiger partial charge in [-0.1, -0.05) is 29.3 Å². The Bertz CT molecular complexity index is 1650. The molecule has 0 fully saturated rings. The Morgan fingerprint density at radius 2 is 1.89 bits per heavy atom. The molecule has 0 radical (unpaired) electrons. The van der Waals surface area contributed by atoms with Crippen LogP contribution in [0.3, 0.4) is 0 Å². The minimum Gasteiger partial charge on any atom is -0.496 e. The topological polar surface area (TPSA) is 120 Å². The summed E-state index contributed by atoms with van der Waals surface area (Å²) < 4.78 is 8.12. The molecule has 0 aliphatic heterocycles. The average Bonchev–Trinajstić information content (AvgIpc) is 3.42. The highest BCUT2D eigenvalue weighted by Crippen LogP contribution is 2.25. The molecule has 176 valence electrons. The Morgan fingerprint density at radius 3 is 2.66 bits per heavy atom. The second-order valence-electron chi connectivity index (χ2n) is 7.54. The Kier molecular flexibility index (Phi) is 5.75. The number of hydrogen-bond acceptors (Lipinski definition) is 6. The molecule has 2 aromatic carbocycles. The maximum absolute atomic E-state index is 13.0. The van der Waals surface area contributed by atoms with Crippen molar-refractivity contribution in [1.29, 1.82) is 0 Å². The molecule has 3 heterocycles. The van der Waals surface area contributed by atoms with Crippen LogP contribution in [-0.4, -0.2) is 42.5 Å². The van der Waals surface area contributed by atoms with Gasteiger partial charge in [0, 0.05) is 16.1 Å². The Labute approximate surface area is 208 Å². The van der Waals surface area contributed by atoms with E-state index in [0.29, 0.717) is 32.8 Å². The second-order valence-corrected chi connectivity index (χ2v) is 8.42. The number of rotatable bonds is 5. The quantitative estimate of drug-likeness (QED) is 0.366. The van der Waals surface area contributed by atoms with Crippen molar-refractivity contribution in [3.8, 4) is 17.4 Å². The molecule has 0 unspecified atom stereocenters. The first kappa shape index (κ1) is 22.6. The number of aryl methyl sites for hydroxylation is 1. The molecule has 3 aromatic heterocycles. The number of fused-ring (bicyclic) bond motifs is 1. The summed E-state index contributed by atoms with van der Waals surface area (Å²) >= 11 is 12.2. The molecule has 5 rings (SSSR count). The summed E-state index contributed by atoms with van der Waals surface area (Å²) in [6.07, 6.45) is 1.42. The standard InChI is InChI=1S/C23H17Cl2N7O3/c1-12-8-19(27-21(33)16-10-14(25)6-7-18(16)35-2)32(30-12)23-28-20-17(22(34)29-23)11-26-31(20)15-5-3-4-13(24)9-15/h3-11H,1-2H3,(H,27,33)(H,28,29,34). The summed E-state index contributed by atoms with van der Waals surface area (Å²) in [7, 11) is 1.46. The number of carbonyl (C=O) groups is 1. The average molecular weight is 510 g/mol. The van der Waals surface area contributed by atoms with Crippen molar-refractivity contribution < 1.29 is 9.53 Å². The lowest BCUT2D eigenvalue weighted by Gasteiger charge is -2.11. The van der Waals surface area contributed by atoms with Crippen LogP contribution < -0.4 is 15.6 Å². The highest BCUT2D eigenvalue weighted by Gasteiger charge is 2.19. The lowest BCUT2D eigenvalue weighted by Crippen LogP contribution is -2.19. The number of nitrogens with zero attached hydrogens (tertiary/aromatic N) is 5. The van der Waals surface area contributed by atoms with Crippen molar-refractivity contribution in [3.05, 3.63) is 86.4 Å². The molecule has 0 saturated carbocycles. The number of hydrogen-bond donors (Lipinski definition) is 2. The van der Waals surface area contributed by atoms with Crippen LogP contribution >= 0.6 is 23.2 Å². The van der Waals surface area contributed by atoms with Crippen molar-refractivity contribution in [2.24, 2.45) is 0 Å². The van der Waals surface area contributed by atoms with Gasteiger partial charge in [-0.15, -0.1) is 0 Å². The fraction of sp³-hybridized carbons (Fsp3) is 0.0870. The van der Waals surface area contributed by atoms with E-state index in [2.05, 4.69) is 25.5 Å². The summed E-state index contributed by atoms with van der Waals surface area (Å²) in [4.78, 5) is 33.1. The normalized spacial score (nSPS) is 11.1. The van der Waals surface area contributed by atoms with Crippen molar-refractivity contribution in [2.45, 2.75) is 6.92 Å². The monoisotopic (exact) mass is 509 g/mol. The third-order valence-electron chi connectivity index (χ3n) is 5.16. The van der Waals surface area contributed by atoms with E-state index in [1.54, 1.807) is 49.4 Å². The Balaban J connectivity index is 1.59. The van der Waals surface area contributed by atoms with E-state index in [0.717, 1.165) is 0 Å². The number of halogens is 2. The maximum Gasteiger partial charge on any atom is 0.263 e. The molecule has 2 N–H and O–H groups in total. The Hall–Kier alpha value is -4.15. The van der Waals surface area contributed by atoms with Crippen molar-refractivity contribution in [1.82, 2.24) is 29.5 Å². The van der Waals surface area contributed by atoms with E-state index in [9.17, 15) is 9.59 Å². The fourth-order valence-electron chi connectivity index (χ4n) is 3.60. The van der Waals surface area contributed by atoms with Crippen molar-refractivity contribution in [3.63, 3.8) is 0 Å². The number of methoxy groups -OCH3 is 1. The van der Waals surface area contributed by atoms with Gasteiger partial charge in [0.15, 0.2) is 5.65 Å². The molecule has 35 heavy (non-hydrogen) atoms. The number of carbonyl (C=O) groups excluding carboxylic acids is 1. The van der Waals surface area contributed by atoms with Gasteiger partial charge in [-0.25, -0.2) is 4.68 Å². The van der Waals surface area contributed by atoms with Gasteiger partial charge in [0.1, 0.15) is 17.0 Å². The first-order chi connectivity index (χ1) is 16.8. The number of ether oxygens (including phenoxy) is 1. The van der Waals surface area contributed by atoms with Crippen LogP contribution in [-0.2, 0) is 0 Å². The van der Waals surface area contributed by atoms with E-state index in [4.69, 9.17) is 27.9 Å². The fourth-order valence-corrected chi connectivity index (χ4v) is 3.95. The van der Waals surface area contributed by atoms with Gasteiger partial charge in [0.25, 0.3) is 11.5 Å². The summed E-state index contributed by atoms with van der Waals surface area (Å²) in [6, 6.07) is 13.4. The molecular weight excluding hydrogens is 493 g/mol. The SMILES string of the molecule is COc1ccc(Cl)cc1C(=O)Nc1cc(C)nn1-c1nc2c(cnn2-c2cccc(Cl)c2)c(=O)[nH]1. The minimum atomic E-state index is -0.474. The molecule has 0 saturated heterocycles. The molecule has 0 bridgehead atoms. The van der Waals surface area contributed by atoms with Gasteiger partial charge >= 0.3 is 0 Å². The number of aromatic amines is 1. The van der Waals surface area contributed by atoms with E-state index in [1.165, 1.54) is 28.7 Å². The molecule has 0 spiro atoms. The Morgan fingerprint density at radius 1 is 1.09 bits per heavy atom. The van der Waals surface area contributed by atoms with E-state index in [-0.39, 0.29) is 22.7 Å². The molecule has 5 aromatic rings. The van der Waals surface area contributed by atoms with Crippen LogP contribution in [0.2, 0.25) is 10.0 Å². The van der Waals surface area contributed by atoms with Crippen LogP contribution in [0.4, 0.5) is 5.82 Å². The third kappa shape index (κ3) is 4.25. The lowest BCUT2D eigenvalue weighted by molar-refractivity contribution is 0.102. The van der Waals surface area contributed by atoms with Crippen LogP contribution in [0.1, 0.15) is 16.1 Å². The van der Waals surface area contributed by atoms with Crippen LogP contribution in [0.5, 0.6) is 5.75 Å². The first-order valence-electron chi connectivity index (χ1n) is 10.3. The largest absolute Gasteiger partial charge is 0.496 e.